The van der Waals surface area contributed by atoms with Gasteiger partial charge in [0.1, 0.15) is 0 Å². The minimum atomic E-state index is -0.668. The number of rotatable bonds is 3. The van der Waals surface area contributed by atoms with Gasteiger partial charge in [0.25, 0.3) is 5.91 Å². The number of nitrogens with one attached hydrogen (secondary N) is 1. The topological polar surface area (TPSA) is 49.3 Å². The van der Waals surface area contributed by atoms with Crippen molar-refractivity contribution < 1.29 is 9.90 Å². The monoisotopic (exact) mass is 297 g/mol. The van der Waals surface area contributed by atoms with E-state index in [0.29, 0.717) is 12.1 Å². The number of carbonyl (C=O) groups excluding carboxylic acids is 1. The summed E-state index contributed by atoms with van der Waals surface area (Å²) in [5.41, 5.74) is 0.924. The van der Waals surface area contributed by atoms with E-state index in [2.05, 4.69) is 21.2 Å². The van der Waals surface area contributed by atoms with E-state index in [9.17, 15) is 9.90 Å². The van der Waals surface area contributed by atoms with Gasteiger partial charge in [-0.1, -0.05) is 15.9 Å². The average Bonchev–Trinajstić information content (AvgIpc) is 2.23. The first kappa shape index (κ1) is 12.6. The van der Waals surface area contributed by atoms with Crippen LogP contribution in [0.15, 0.2) is 22.7 Å². The molecule has 1 aliphatic carbocycles. The molecule has 1 aliphatic rings. The Kier molecular flexibility index (Phi) is 3.54. The average molecular weight is 298 g/mol. The summed E-state index contributed by atoms with van der Waals surface area (Å²) in [5.74, 6) is -0.115. The van der Waals surface area contributed by atoms with Gasteiger partial charge in [-0.3, -0.25) is 4.79 Å². The van der Waals surface area contributed by atoms with Crippen molar-refractivity contribution in [2.75, 3.05) is 6.54 Å². The molecule has 1 aromatic carbocycles. The maximum atomic E-state index is 11.9. The van der Waals surface area contributed by atoms with Crippen LogP contribution < -0.4 is 5.32 Å². The number of benzene rings is 1. The quantitative estimate of drug-likeness (QED) is 0.900. The van der Waals surface area contributed by atoms with Crippen LogP contribution in [0.4, 0.5) is 0 Å². The van der Waals surface area contributed by atoms with Crippen molar-refractivity contribution in [2.24, 2.45) is 0 Å². The molecule has 0 aromatic heterocycles. The van der Waals surface area contributed by atoms with Crippen molar-refractivity contribution in [3.05, 3.63) is 33.8 Å². The number of amides is 1. The molecule has 3 nitrogen and oxygen atoms in total. The highest BCUT2D eigenvalue weighted by atomic mass is 79.9. The first-order valence-corrected chi connectivity index (χ1v) is 6.56. The molecule has 2 rings (SSSR count). The molecular formula is C13H16BrNO2. The molecule has 0 saturated heterocycles. The smallest absolute Gasteiger partial charge is 0.251 e. The van der Waals surface area contributed by atoms with Crippen molar-refractivity contribution in [2.45, 2.75) is 31.8 Å². The van der Waals surface area contributed by atoms with Gasteiger partial charge in [-0.2, -0.15) is 0 Å². The van der Waals surface area contributed by atoms with E-state index in [4.69, 9.17) is 0 Å². The van der Waals surface area contributed by atoms with E-state index in [1.807, 2.05) is 19.1 Å². The second kappa shape index (κ2) is 4.78. The second-order valence-corrected chi connectivity index (χ2v) is 5.64. The standard InChI is InChI=1S/C13H16BrNO2/c1-9-7-10(14)3-4-11(9)12(16)15-8-13(17)5-2-6-13/h3-4,7,17H,2,5-6,8H2,1H3,(H,15,16). The van der Waals surface area contributed by atoms with Gasteiger partial charge < -0.3 is 10.4 Å². The summed E-state index contributed by atoms with van der Waals surface area (Å²) < 4.78 is 0.962. The lowest BCUT2D eigenvalue weighted by atomic mass is 9.80. The number of hydrogen-bond acceptors (Lipinski definition) is 2. The normalized spacial score (nSPS) is 17.4. The van der Waals surface area contributed by atoms with Crippen LogP contribution in [0.1, 0.15) is 35.2 Å². The van der Waals surface area contributed by atoms with Crippen molar-refractivity contribution in [3.63, 3.8) is 0 Å². The second-order valence-electron chi connectivity index (χ2n) is 4.72. The molecule has 0 heterocycles. The third-order valence-electron chi connectivity index (χ3n) is 3.30. The molecule has 1 amide bonds. The Morgan fingerprint density at radius 1 is 1.53 bits per heavy atom. The number of hydrogen-bond donors (Lipinski definition) is 2. The molecule has 1 aromatic rings. The maximum Gasteiger partial charge on any atom is 0.251 e. The lowest BCUT2D eigenvalue weighted by Crippen LogP contribution is -2.47. The highest BCUT2D eigenvalue weighted by Gasteiger charge is 2.34. The third kappa shape index (κ3) is 2.87. The van der Waals surface area contributed by atoms with Gasteiger partial charge in [-0.25, -0.2) is 0 Å². The molecule has 0 radical (unpaired) electrons. The first-order chi connectivity index (χ1) is 8.00. The SMILES string of the molecule is Cc1cc(Br)ccc1C(=O)NCC1(O)CCC1. The summed E-state index contributed by atoms with van der Waals surface area (Å²) >= 11 is 3.36. The van der Waals surface area contributed by atoms with Crippen molar-refractivity contribution in [1.82, 2.24) is 5.32 Å². The zero-order valence-electron chi connectivity index (χ0n) is 9.79. The fraction of sp³-hybridized carbons (Fsp3) is 0.462. The van der Waals surface area contributed by atoms with Crippen LogP contribution >= 0.6 is 15.9 Å². The highest BCUT2D eigenvalue weighted by molar-refractivity contribution is 9.10. The van der Waals surface area contributed by atoms with Crippen LogP contribution in [0.3, 0.4) is 0 Å². The Morgan fingerprint density at radius 3 is 2.76 bits per heavy atom. The summed E-state index contributed by atoms with van der Waals surface area (Å²) in [4.78, 5) is 11.9. The van der Waals surface area contributed by atoms with E-state index in [1.54, 1.807) is 6.07 Å². The summed E-state index contributed by atoms with van der Waals surface area (Å²) in [6.45, 7) is 2.25. The van der Waals surface area contributed by atoms with Crippen LogP contribution in [-0.2, 0) is 0 Å². The zero-order valence-corrected chi connectivity index (χ0v) is 11.4. The van der Waals surface area contributed by atoms with Crippen molar-refractivity contribution in [3.8, 4) is 0 Å². The Labute approximate surface area is 109 Å². The van der Waals surface area contributed by atoms with Crippen molar-refractivity contribution >= 4 is 21.8 Å². The van der Waals surface area contributed by atoms with Crippen LogP contribution in [0, 0.1) is 6.92 Å². The highest BCUT2D eigenvalue weighted by Crippen LogP contribution is 2.30. The largest absolute Gasteiger partial charge is 0.388 e. The Hall–Kier alpha value is -0.870. The van der Waals surface area contributed by atoms with Gasteiger partial charge in [-0.05, 0) is 49.9 Å². The van der Waals surface area contributed by atoms with Crippen LogP contribution in [-0.4, -0.2) is 23.2 Å². The van der Waals surface area contributed by atoms with Crippen LogP contribution in [0.2, 0.25) is 0 Å². The lowest BCUT2D eigenvalue weighted by Gasteiger charge is -2.36. The molecular weight excluding hydrogens is 282 g/mol. The molecule has 0 atom stereocenters. The van der Waals surface area contributed by atoms with E-state index in [-0.39, 0.29) is 5.91 Å². The lowest BCUT2D eigenvalue weighted by molar-refractivity contribution is -0.0300. The summed E-state index contributed by atoms with van der Waals surface area (Å²) in [6, 6.07) is 5.55. The number of aliphatic hydroxyl groups is 1. The fourth-order valence-corrected chi connectivity index (χ4v) is 2.46. The predicted octanol–water partition coefficient (Wildman–Crippen LogP) is 2.40. The Balaban J connectivity index is 1.99. The molecule has 92 valence electrons. The fourth-order valence-electron chi connectivity index (χ4n) is 1.98. The molecule has 2 N–H and O–H groups in total. The zero-order chi connectivity index (χ0) is 12.5. The number of halogens is 1. The summed E-state index contributed by atoms with van der Waals surface area (Å²) in [7, 11) is 0. The minimum absolute atomic E-state index is 0.115. The van der Waals surface area contributed by atoms with Gasteiger partial charge in [0.05, 0.1) is 5.60 Å². The van der Waals surface area contributed by atoms with E-state index in [0.717, 1.165) is 29.3 Å². The first-order valence-electron chi connectivity index (χ1n) is 5.77. The van der Waals surface area contributed by atoms with Crippen LogP contribution in [0.25, 0.3) is 0 Å². The summed E-state index contributed by atoms with van der Waals surface area (Å²) in [6.07, 6.45) is 2.61. The van der Waals surface area contributed by atoms with Gasteiger partial charge in [0, 0.05) is 16.6 Å². The van der Waals surface area contributed by atoms with Crippen LogP contribution in [0.5, 0.6) is 0 Å². The van der Waals surface area contributed by atoms with Crippen molar-refractivity contribution in [1.29, 1.82) is 0 Å². The molecule has 0 unspecified atom stereocenters. The van der Waals surface area contributed by atoms with Gasteiger partial charge in [-0.15, -0.1) is 0 Å². The minimum Gasteiger partial charge on any atom is -0.388 e. The molecule has 17 heavy (non-hydrogen) atoms. The third-order valence-corrected chi connectivity index (χ3v) is 3.79. The molecule has 1 saturated carbocycles. The molecule has 1 fully saturated rings. The van der Waals surface area contributed by atoms with Gasteiger partial charge in [0.15, 0.2) is 0 Å². The predicted molar refractivity (Wildman–Crippen MR) is 70.0 cm³/mol. The van der Waals surface area contributed by atoms with E-state index < -0.39 is 5.60 Å². The Morgan fingerprint density at radius 2 is 2.24 bits per heavy atom. The van der Waals surface area contributed by atoms with E-state index in [1.165, 1.54) is 0 Å². The number of aryl methyl sites for hydroxylation is 1. The maximum absolute atomic E-state index is 11.9. The molecule has 4 heteroatoms. The Bertz CT molecular complexity index is 441. The summed E-state index contributed by atoms with van der Waals surface area (Å²) in [5, 5.41) is 12.7. The van der Waals surface area contributed by atoms with Gasteiger partial charge in [0.2, 0.25) is 0 Å². The van der Waals surface area contributed by atoms with E-state index >= 15 is 0 Å². The molecule has 0 aliphatic heterocycles. The van der Waals surface area contributed by atoms with Gasteiger partial charge >= 0.3 is 0 Å². The molecule has 0 spiro atoms. The number of carbonyl (C=O) groups is 1. The molecule has 0 bridgehead atoms.